The van der Waals surface area contributed by atoms with Gasteiger partial charge < -0.3 is 10.1 Å². The van der Waals surface area contributed by atoms with Gasteiger partial charge in [-0.25, -0.2) is 4.98 Å². The molecule has 2 rings (SSSR count). The van der Waals surface area contributed by atoms with E-state index in [0.717, 1.165) is 5.69 Å². The lowest BCUT2D eigenvalue weighted by Crippen LogP contribution is -2.03. The van der Waals surface area contributed by atoms with Gasteiger partial charge >= 0.3 is 5.97 Å². The SMILES string of the molecule is CC1(c2cnc(CC(=O)O)[nH]2)CC1. The van der Waals surface area contributed by atoms with Gasteiger partial charge in [0.2, 0.25) is 0 Å². The van der Waals surface area contributed by atoms with Crippen LogP contribution < -0.4 is 0 Å². The molecule has 1 aliphatic rings. The molecule has 70 valence electrons. The number of rotatable bonds is 3. The molecule has 0 spiro atoms. The van der Waals surface area contributed by atoms with Gasteiger partial charge in [0.05, 0.1) is 0 Å². The highest BCUT2D eigenvalue weighted by atomic mass is 16.4. The van der Waals surface area contributed by atoms with E-state index in [1.165, 1.54) is 12.8 Å². The number of nitrogens with zero attached hydrogens (tertiary/aromatic N) is 1. The molecule has 1 heterocycles. The van der Waals surface area contributed by atoms with Crippen LogP contribution in [0.5, 0.6) is 0 Å². The summed E-state index contributed by atoms with van der Waals surface area (Å²) < 4.78 is 0. The summed E-state index contributed by atoms with van der Waals surface area (Å²) in [5.74, 6) is -0.294. The number of carboxylic acids is 1. The van der Waals surface area contributed by atoms with Crippen LogP contribution in [0.25, 0.3) is 0 Å². The minimum Gasteiger partial charge on any atom is -0.481 e. The van der Waals surface area contributed by atoms with Crippen molar-refractivity contribution in [3.63, 3.8) is 0 Å². The lowest BCUT2D eigenvalue weighted by molar-refractivity contribution is -0.136. The number of nitrogens with one attached hydrogen (secondary N) is 1. The molecule has 0 unspecified atom stereocenters. The Morgan fingerprint density at radius 1 is 1.77 bits per heavy atom. The molecule has 1 fully saturated rings. The molecule has 2 N–H and O–H groups in total. The predicted molar refractivity (Wildman–Crippen MR) is 46.5 cm³/mol. The van der Waals surface area contributed by atoms with Crippen molar-refractivity contribution in [1.29, 1.82) is 0 Å². The minimum absolute atomic E-state index is 0.0178. The molecular weight excluding hydrogens is 168 g/mol. The molecule has 0 bridgehead atoms. The van der Waals surface area contributed by atoms with Crippen molar-refractivity contribution in [3.05, 3.63) is 17.7 Å². The van der Waals surface area contributed by atoms with E-state index in [9.17, 15) is 4.79 Å². The van der Waals surface area contributed by atoms with Gasteiger partial charge in [0.25, 0.3) is 0 Å². The summed E-state index contributed by atoms with van der Waals surface area (Å²) >= 11 is 0. The number of aromatic nitrogens is 2. The van der Waals surface area contributed by atoms with Crippen molar-refractivity contribution in [2.24, 2.45) is 0 Å². The molecule has 0 saturated heterocycles. The number of hydrogen-bond acceptors (Lipinski definition) is 2. The van der Waals surface area contributed by atoms with Crippen molar-refractivity contribution < 1.29 is 9.90 Å². The Labute approximate surface area is 76.0 Å². The zero-order valence-electron chi connectivity index (χ0n) is 7.50. The van der Waals surface area contributed by atoms with Crippen LogP contribution >= 0.6 is 0 Å². The van der Waals surface area contributed by atoms with Crippen LogP contribution in [0.2, 0.25) is 0 Å². The number of aromatic amines is 1. The summed E-state index contributed by atoms with van der Waals surface area (Å²) in [7, 11) is 0. The normalized spacial score (nSPS) is 18.5. The molecule has 0 aliphatic heterocycles. The standard InChI is InChI=1S/C9H12N2O2/c1-9(2-3-9)6-5-10-7(11-6)4-8(12)13/h5H,2-4H2,1H3,(H,10,11)(H,12,13). The first-order valence-corrected chi connectivity index (χ1v) is 4.36. The average Bonchev–Trinajstić information content (AvgIpc) is 2.62. The maximum atomic E-state index is 10.4. The van der Waals surface area contributed by atoms with E-state index in [2.05, 4.69) is 16.9 Å². The zero-order chi connectivity index (χ0) is 9.47. The maximum absolute atomic E-state index is 10.4. The van der Waals surface area contributed by atoms with Gasteiger partial charge in [-0.3, -0.25) is 4.79 Å². The van der Waals surface area contributed by atoms with Gasteiger partial charge in [-0.05, 0) is 12.8 Å². The predicted octanol–water partition coefficient (Wildman–Crippen LogP) is 1.09. The second kappa shape index (κ2) is 2.58. The second-order valence-corrected chi connectivity index (χ2v) is 3.87. The van der Waals surface area contributed by atoms with Crippen LogP contribution in [0.1, 0.15) is 31.3 Å². The molecular formula is C9H12N2O2. The third-order valence-electron chi connectivity index (χ3n) is 2.60. The van der Waals surface area contributed by atoms with Crippen molar-refractivity contribution in [2.45, 2.75) is 31.6 Å². The Morgan fingerprint density at radius 2 is 2.46 bits per heavy atom. The average molecular weight is 180 g/mol. The molecule has 1 aromatic heterocycles. The number of carbonyl (C=O) groups is 1. The second-order valence-electron chi connectivity index (χ2n) is 3.87. The molecule has 4 heteroatoms. The van der Waals surface area contributed by atoms with Gasteiger partial charge in [0, 0.05) is 17.3 Å². The van der Waals surface area contributed by atoms with Crippen molar-refractivity contribution in [2.75, 3.05) is 0 Å². The van der Waals surface area contributed by atoms with E-state index in [4.69, 9.17) is 5.11 Å². The fraction of sp³-hybridized carbons (Fsp3) is 0.556. The molecule has 1 aliphatic carbocycles. The minimum atomic E-state index is -0.846. The molecule has 0 amide bonds. The lowest BCUT2D eigenvalue weighted by Gasteiger charge is -2.02. The highest BCUT2D eigenvalue weighted by Gasteiger charge is 2.40. The van der Waals surface area contributed by atoms with Gasteiger partial charge in [0.15, 0.2) is 0 Å². The van der Waals surface area contributed by atoms with E-state index < -0.39 is 5.97 Å². The molecule has 1 aromatic rings. The lowest BCUT2D eigenvalue weighted by atomic mass is 10.1. The number of H-pyrrole nitrogens is 1. The van der Waals surface area contributed by atoms with Crippen LogP contribution in [0.4, 0.5) is 0 Å². The topological polar surface area (TPSA) is 66.0 Å². The van der Waals surface area contributed by atoms with Crippen LogP contribution in [-0.2, 0) is 16.6 Å². The third kappa shape index (κ3) is 1.56. The smallest absolute Gasteiger partial charge is 0.311 e. The monoisotopic (exact) mass is 180 g/mol. The Kier molecular flexibility index (Phi) is 1.65. The summed E-state index contributed by atoms with van der Waals surface area (Å²) in [4.78, 5) is 17.5. The number of carboxylic acid groups (broad SMARTS) is 1. The van der Waals surface area contributed by atoms with E-state index >= 15 is 0 Å². The van der Waals surface area contributed by atoms with Gasteiger partial charge in [-0.15, -0.1) is 0 Å². The highest BCUT2D eigenvalue weighted by Crippen LogP contribution is 2.46. The first kappa shape index (κ1) is 8.29. The fourth-order valence-corrected chi connectivity index (χ4v) is 1.36. The number of aliphatic carboxylic acids is 1. The van der Waals surface area contributed by atoms with Gasteiger partial charge in [-0.2, -0.15) is 0 Å². The fourth-order valence-electron chi connectivity index (χ4n) is 1.36. The molecule has 13 heavy (non-hydrogen) atoms. The molecule has 0 atom stereocenters. The largest absolute Gasteiger partial charge is 0.481 e. The van der Waals surface area contributed by atoms with E-state index in [0.29, 0.717) is 5.82 Å². The Morgan fingerprint density at radius 3 is 3.00 bits per heavy atom. The first-order valence-electron chi connectivity index (χ1n) is 4.36. The first-order chi connectivity index (χ1) is 6.10. The van der Waals surface area contributed by atoms with Crippen molar-refractivity contribution >= 4 is 5.97 Å². The molecule has 1 saturated carbocycles. The zero-order valence-corrected chi connectivity index (χ0v) is 7.50. The summed E-state index contributed by atoms with van der Waals surface area (Å²) in [6, 6.07) is 0. The van der Waals surface area contributed by atoms with Crippen LogP contribution in [-0.4, -0.2) is 21.0 Å². The summed E-state index contributed by atoms with van der Waals surface area (Å²) in [5.41, 5.74) is 1.31. The Balaban J connectivity index is 2.14. The molecule has 4 nitrogen and oxygen atoms in total. The van der Waals surface area contributed by atoms with Crippen LogP contribution in [0.15, 0.2) is 6.20 Å². The summed E-state index contributed by atoms with van der Waals surface area (Å²) in [6.45, 7) is 2.16. The highest BCUT2D eigenvalue weighted by molar-refractivity contribution is 5.69. The van der Waals surface area contributed by atoms with Crippen molar-refractivity contribution in [1.82, 2.24) is 9.97 Å². The van der Waals surface area contributed by atoms with Crippen molar-refractivity contribution in [3.8, 4) is 0 Å². The van der Waals surface area contributed by atoms with Gasteiger partial charge in [0.1, 0.15) is 12.2 Å². The third-order valence-corrected chi connectivity index (χ3v) is 2.60. The van der Waals surface area contributed by atoms with Gasteiger partial charge in [-0.1, -0.05) is 6.92 Å². The Hall–Kier alpha value is -1.32. The van der Waals surface area contributed by atoms with Crippen LogP contribution in [0, 0.1) is 0 Å². The number of hydrogen-bond donors (Lipinski definition) is 2. The molecule has 0 aromatic carbocycles. The summed E-state index contributed by atoms with van der Waals surface area (Å²) in [5, 5.41) is 8.53. The van der Waals surface area contributed by atoms with E-state index in [1.54, 1.807) is 6.20 Å². The van der Waals surface area contributed by atoms with E-state index in [-0.39, 0.29) is 11.8 Å². The quantitative estimate of drug-likeness (QED) is 0.731. The number of imidazole rings is 1. The van der Waals surface area contributed by atoms with E-state index in [1.807, 2.05) is 0 Å². The maximum Gasteiger partial charge on any atom is 0.311 e. The summed E-state index contributed by atoms with van der Waals surface area (Å²) in [6.07, 6.45) is 4.07. The molecule has 0 radical (unpaired) electrons. The Bertz CT molecular complexity index is 339. The van der Waals surface area contributed by atoms with Crippen LogP contribution in [0.3, 0.4) is 0 Å².